The zero-order valence-electron chi connectivity index (χ0n) is 20.9. The van der Waals surface area contributed by atoms with Gasteiger partial charge in [0.15, 0.2) is 5.58 Å². The second-order valence-electron chi connectivity index (χ2n) is 9.63. The molecule has 3 nitrogen and oxygen atoms in total. The third kappa shape index (κ3) is 4.08. The molecule has 0 fully saturated rings. The first-order valence-electron chi connectivity index (χ1n) is 13.0. The van der Waals surface area contributed by atoms with Gasteiger partial charge in [-0.1, -0.05) is 84.9 Å². The van der Waals surface area contributed by atoms with E-state index in [4.69, 9.17) is 9.40 Å². The van der Waals surface area contributed by atoms with Crippen LogP contribution in [0.2, 0.25) is 0 Å². The van der Waals surface area contributed by atoms with Crippen LogP contribution in [0.15, 0.2) is 150 Å². The molecular formula is C35H26N2O. The van der Waals surface area contributed by atoms with Crippen molar-refractivity contribution in [2.24, 2.45) is 0 Å². The first-order chi connectivity index (χ1) is 18.8. The smallest absolute Gasteiger partial charge is 0.154 e. The Morgan fingerprint density at radius 2 is 1.37 bits per heavy atom. The van der Waals surface area contributed by atoms with Crippen molar-refractivity contribution in [3.05, 3.63) is 151 Å². The molecule has 0 aliphatic heterocycles. The molecule has 1 unspecified atom stereocenters. The Kier molecular flexibility index (Phi) is 5.60. The molecule has 2 heterocycles. The molecule has 0 N–H and O–H groups in total. The summed E-state index contributed by atoms with van der Waals surface area (Å²) in [6.07, 6.45) is 9.73. The van der Waals surface area contributed by atoms with Crippen molar-refractivity contribution >= 4 is 33.4 Å². The molecule has 0 saturated carbocycles. The number of hydrogen-bond acceptors (Lipinski definition) is 3. The Balaban J connectivity index is 1.19. The number of allylic oxidation sites excluding steroid dienone is 3. The fourth-order valence-corrected chi connectivity index (χ4v) is 5.29. The average molecular weight is 491 g/mol. The van der Waals surface area contributed by atoms with Gasteiger partial charge < -0.3 is 9.32 Å². The fourth-order valence-electron chi connectivity index (χ4n) is 5.29. The summed E-state index contributed by atoms with van der Waals surface area (Å²) in [5.74, 6) is 0.252. The zero-order valence-corrected chi connectivity index (χ0v) is 20.9. The molecule has 2 aromatic heterocycles. The number of pyridine rings is 1. The van der Waals surface area contributed by atoms with Gasteiger partial charge in [0.1, 0.15) is 11.1 Å². The minimum Gasteiger partial charge on any atom is -0.454 e. The molecule has 0 bridgehead atoms. The summed E-state index contributed by atoms with van der Waals surface area (Å²) in [4.78, 5) is 7.09. The zero-order chi connectivity index (χ0) is 25.3. The van der Waals surface area contributed by atoms with E-state index in [1.54, 1.807) is 0 Å². The van der Waals surface area contributed by atoms with Crippen molar-refractivity contribution in [3.63, 3.8) is 0 Å². The number of benzene rings is 4. The second kappa shape index (κ2) is 9.53. The Labute approximate surface area is 222 Å². The van der Waals surface area contributed by atoms with Crippen LogP contribution in [0, 0.1) is 0 Å². The summed E-state index contributed by atoms with van der Waals surface area (Å²) in [5.41, 5.74) is 9.69. The van der Waals surface area contributed by atoms with Gasteiger partial charge in [0.2, 0.25) is 0 Å². The van der Waals surface area contributed by atoms with Crippen LogP contribution in [0.1, 0.15) is 17.9 Å². The van der Waals surface area contributed by atoms with E-state index >= 15 is 0 Å². The summed E-state index contributed by atoms with van der Waals surface area (Å²) in [7, 11) is 0. The molecule has 38 heavy (non-hydrogen) atoms. The lowest BCUT2D eigenvalue weighted by molar-refractivity contribution is 0.666. The van der Waals surface area contributed by atoms with Gasteiger partial charge in [-0.05, 0) is 71.7 Å². The van der Waals surface area contributed by atoms with Gasteiger partial charge in [-0.3, -0.25) is 4.98 Å². The van der Waals surface area contributed by atoms with Crippen molar-refractivity contribution in [1.29, 1.82) is 0 Å². The fraction of sp³-hybridized carbons (Fsp3) is 0.0571. The minimum atomic E-state index is 0.252. The first kappa shape index (κ1) is 22.3. The number of anilines is 2. The van der Waals surface area contributed by atoms with Crippen LogP contribution in [0.3, 0.4) is 0 Å². The average Bonchev–Trinajstić information content (AvgIpc) is 3.37. The maximum Gasteiger partial charge on any atom is 0.154 e. The van der Waals surface area contributed by atoms with Crippen molar-refractivity contribution in [2.75, 3.05) is 4.90 Å². The summed E-state index contributed by atoms with van der Waals surface area (Å²) >= 11 is 0. The van der Waals surface area contributed by atoms with Gasteiger partial charge in [-0.2, -0.15) is 0 Å². The lowest BCUT2D eigenvalue weighted by atomic mass is 9.92. The molecule has 4 aromatic carbocycles. The summed E-state index contributed by atoms with van der Waals surface area (Å²) in [6, 6.07) is 40.1. The predicted octanol–water partition coefficient (Wildman–Crippen LogP) is 9.41. The van der Waals surface area contributed by atoms with Gasteiger partial charge in [0.25, 0.3) is 0 Å². The first-order valence-corrected chi connectivity index (χ1v) is 13.0. The van der Waals surface area contributed by atoms with E-state index in [0.29, 0.717) is 0 Å². The number of para-hydroxylation sites is 2. The van der Waals surface area contributed by atoms with E-state index in [1.165, 1.54) is 16.7 Å². The second-order valence-corrected chi connectivity index (χ2v) is 9.63. The van der Waals surface area contributed by atoms with Gasteiger partial charge in [0.05, 0.1) is 0 Å². The molecule has 0 amide bonds. The van der Waals surface area contributed by atoms with Gasteiger partial charge in [-0.25, -0.2) is 0 Å². The molecule has 1 atom stereocenters. The van der Waals surface area contributed by atoms with E-state index in [-0.39, 0.29) is 5.92 Å². The Bertz CT molecular complexity index is 1780. The maximum atomic E-state index is 6.09. The van der Waals surface area contributed by atoms with Crippen molar-refractivity contribution in [2.45, 2.75) is 12.3 Å². The SMILES string of the molecule is C1=CC(c2cnc3c(c2)oc2ccccc23)CC=C1N(c1ccccc1)c1ccc(-c2ccccc2)cc1. The summed E-state index contributed by atoms with van der Waals surface area (Å²) in [5, 5.41) is 1.06. The number of aromatic nitrogens is 1. The van der Waals surface area contributed by atoms with Crippen LogP contribution in [-0.2, 0) is 0 Å². The molecular weight excluding hydrogens is 464 g/mol. The third-order valence-electron chi connectivity index (χ3n) is 7.25. The highest BCUT2D eigenvalue weighted by molar-refractivity contribution is 6.02. The number of nitrogens with zero attached hydrogens (tertiary/aromatic N) is 2. The van der Waals surface area contributed by atoms with Crippen molar-refractivity contribution in [1.82, 2.24) is 4.98 Å². The van der Waals surface area contributed by atoms with E-state index in [9.17, 15) is 0 Å². The molecule has 7 rings (SSSR count). The van der Waals surface area contributed by atoms with Crippen LogP contribution in [0.5, 0.6) is 0 Å². The monoisotopic (exact) mass is 490 g/mol. The quantitative estimate of drug-likeness (QED) is 0.241. The van der Waals surface area contributed by atoms with E-state index in [0.717, 1.165) is 45.6 Å². The van der Waals surface area contributed by atoms with Crippen molar-refractivity contribution < 1.29 is 4.42 Å². The molecule has 0 saturated heterocycles. The molecule has 0 spiro atoms. The van der Waals surface area contributed by atoms with Crippen LogP contribution in [0.25, 0.3) is 33.2 Å². The van der Waals surface area contributed by atoms with E-state index < -0.39 is 0 Å². The lowest BCUT2D eigenvalue weighted by Gasteiger charge is -2.29. The molecule has 0 radical (unpaired) electrons. The van der Waals surface area contributed by atoms with Gasteiger partial charge >= 0.3 is 0 Å². The van der Waals surface area contributed by atoms with Gasteiger partial charge in [-0.15, -0.1) is 0 Å². The Morgan fingerprint density at radius 1 is 0.684 bits per heavy atom. The Morgan fingerprint density at radius 3 is 2.13 bits per heavy atom. The van der Waals surface area contributed by atoms with Crippen LogP contribution >= 0.6 is 0 Å². The van der Waals surface area contributed by atoms with Crippen LogP contribution in [-0.4, -0.2) is 4.98 Å². The van der Waals surface area contributed by atoms with E-state index in [1.807, 2.05) is 24.4 Å². The Hall–Kier alpha value is -4.89. The van der Waals surface area contributed by atoms with Crippen LogP contribution < -0.4 is 4.90 Å². The van der Waals surface area contributed by atoms with Crippen molar-refractivity contribution in [3.8, 4) is 11.1 Å². The normalized spacial score (nSPS) is 15.1. The number of furan rings is 1. The largest absolute Gasteiger partial charge is 0.454 e. The predicted molar refractivity (Wildman–Crippen MR) is 157 cm³/mol. The van der Waals surface area contributed by atoms with Crippen LogP contribution in [0.4, 0.5) is 11.4 Å². The number of fused-ring (bicyclic) bond motifs is 3. The molecule has 6 aromatic rings. The standard InChI is InChI=1S/C35H26N2O/c1-3-9-25(10-4-1)26-15-19-30(20-16-26)37(29-11-5-2-6-12-29)31-21-17-27(18-22-31)28-23-34-35(36-24-28)32-13-7-8-14-33(32)38-34/h1-17,19-24,27H,18H2. The number of rotatable bonds is 5. The molecule has 3 heteroatoms. The highest BCUT2D eigenvalue weighted by Gasteiger charge is 2.19. The van der Waals surface area contributed by atoms with E-state index in [2.05, 4.69) is 120 Å². The van der Waals surface area contributed by atoms with Gasteiger partial charge in [0, 0.05) is 34.6 Å². The highest BCUT2D eigenvalue weighted by Crippen LogP contribution is 2.37. The molecule has 1 aliphatic rings. The summed E-state index contributed by atoms with van der Waals surface area (Å²) < 4.78 is 6.09. The minimum absolute atomic E-state index is 0.252. The molecule has 182 valence electrons. The lowest BCUT2D eigenvalue weighted by Crippen LogP contribution is -2.17. The highest BCUT2D eigenvalue weighted by atomic mass is 16.3. The summed E-state index contributed by atoms with van der Waals surface area (Å²) in [6.45, 7) is 0. The maximum absolute atomic E-state index is 6.09. The topological polar surface area (TPSA) is 29.3 Å². The number of hydrogen-bond donors (Lipinski definition) is 0. The molecule has 1 aliphatic carbocycles. The third-order valence-corrected chi connectivity index (χ3v) is 7.25.